The van der Waals surface area contributed by atoms with E-state index in [0.717, 1.165) is 17.3 Å². The van der Waals surface area contributed by atoms with Gasteiger partial charge in [0.05, 0.1) is 0 Å². The molecule has 0 saturated carbocycles. The first-order valence-corrected chi connectivity index (χ1v) is 5.54. The van der Waals surface area contributed by atoms with E-state index in [2.05, 4.69) is 30.1 Å². The zero-order valence-electron chi connectivity index (χ0n) is 8.47. The van der Waals surface area contributed by atoms with Crippen LogP contribution in [0.1, 0.15) is 31.6 Å². The van der Waals surface area contributed by atoms with Gasteiger partial charge in [0.15, 0.2) is 0 Å². The van der Waals surface area contributed by atoms with Crippen LogP contribution in [-0.2, 0) is 6.42 Å². The molecule has 2 nitrogen and oxygen atoms in total. The fraction of sp³-hybridized carbons (Fsp3) is 0.778. The summed E-state index contributed by atoms with van der Waals surface area (Å²) in [6.45, 7) is 8.32. The zero-order chi connectivity index (χ0) is 10.1. The minimum absolute atomic E-state index is 0.125. The molecular weight excluding hydrogens is 204 g/mol. The smallest absolute Gasteiger partial charge is 0.139 e. The minimum Gasteiger partial charge on any atom is -0.225 e. The van der Waals surface area contributed by atoms with Crippen molar-refractivity contribution in [1.82, 2.24) is 9.36 Å². The Kier molecular flexibility index (Phi) is 3.30. The van der Waals surface area contributed by atoms with Crippen LogP contribution >= 0.6 is 23.1 Å². The second kappa shape index (κ2) is 3.93. The van der Waals surface area contributed by atoms with Gasteiger partial charge in [0, 0.05) is 11.8 Å². The van der Waals surface area contributed by atoms with E-state index in [9.17, 15) is 0 Å². The highest BCUT2D eigenvalue weighted by Gasteiger charge is 2.23. The Bertz CT molecular complexity index is 277. The van der Waals surface area contributed by atoms with Crippen molar-refractivity contribution in [3.05, 3.63) is 10.8 Å². The summed E-state index contributed by atoms with van der Waals surface area (Å²) >= 11 is 7.69. The van der Waals surface area contributed by atoms with Crippen LogP contribution in [0.5, 0.6) is 0 Å². The van der Waals surface area contributed by atoms with Crippen molar-refractivity contribution in [2.45, 2.75) is 39.5 Å². The second-order valence-electron chi connectivity index (χ2n) is 4.27. The van der Waals surface area contributed by atoms with Gasteiger partial charge >= 0.3 is 0 Å². The molecule has 0 saturated heterocycles. The Morgan fingerprint density at radius 3 is 2.46 bits per heavy atom. The summed E-state index contributed by atoms with van der Waals surface area (Å²) in [5.41, 5.74) is 0.126. The maximum atomic E-state index is 6.24. The van der Waals surface area contributed by atoms with E-state index < -0.39 is 0 Å². The summed E-state index contributed by atoms with van der Waals surface area (Å²) in [4.78, 5) is 4.29. The Balaban J connectivity index is 2.60. The molecule has 0 aliphatic rings. The number of halogens is 1. The van der Waals surface area contributed by atoms with Gasteiger partial charge in [-0.3, -0.25) is 0 Å². The molecule has 74 valence electrons. The fourth-order valence-electron chi connectivity index (χ4n) is 0.882. The molecule has 0 amide bonds. The lowest BCUT2D eigenvalue weighted by molar-refractivity contribution is 0.386. The predicted molar refractivity (Wildman–Crippen MR) is 57.4 cm³/mol. The molecule has 0 radical (unpaired) electrons. The van der Waals surface area contributed by atoms with Crippen molar-refractivity contribution >= 4 is 23.1 Å². The van der Waals surface area contributed by atoms with Crippen LogP contribution < -0.4 is 0 Å². The van der Waals surface area contributed by atoms with E-state index >= 15 is 0 Å². The molecule has 4 heteroatoms. The van der Waals surface area contributed by atoms with Crippen LogP contribution in [0.4, 0.5) is 0 Å². The Hall–Kier alpha value is -0.150. The van der Waals surface area contributed by atoms with Gasteiger partial charge in [-0.15, -0.1) is 11.6 Å². The van der Waals surface area contributed by atoms with Crippen molar-refractivity contribution in [1.29, 1.82) is 0 Å². The lowest BCUT2D eigenvalue weighted by atomic mass is 9.90. The molecule has 0 aliphatic carbocycles. The molecule has 0 bridgehead atoms. The molecule has 1 rings (SSSR count). The summed E-state index contributed by atoms with van der Waals surface area (Å²) < 4.78 is 4.12. The quantitative estimate of drug-likeness (QED) is 0.714. The van der Waals surface area contributed by atoms with Gasteiger partial charge in [-0.25, -0.2) is 4.98 Å². The van der Waals surface area contributed by atoms with Crippen LogP contribution in [0.2, 0.25) is 0 Å². The largest absolute Gasteiger partial charge is 0.225 e. The summed E-state index contributed by atoms with van der Waals surface area (Å²) in [5.74, 6) is 0.845. The van der Waals surface area contributed by atoms with Crippen molar-refractivity contribution in [2.24, 2.45) is 5.41 Å². The summed E-state index contributed by atoms with van der Waals surface area (Å²) in [6.07, 6.45) is 0.816. The molecule has 0 spiro atoms. The number of nitrogens with zero attached hydrogens (tertiary/aromatic N) is 2. The third-order valence-electron chi connectivity index (χ3n) is 1.86. The molecular formula is C9H15ClN2S. The lowest BCUT2D eigenvalue weighted by Gasteiger charge is -2.23. The SMILES string of the molecule is Cc1nsc(CC(Cl)C(C)(C)C)n1. The van der Waals surface area contributed by atoms with E-state index in [0.29, 0.717) is 0 Å². The van der Waals surface area contributed by atoms with Gasteiger partial charge in [0.1, 0.15) is 10.8 Å². The van der Waals surface area contributed by atoms with Crippen LogP contribution in [0.25, 0.3) is 0 Å². The second-order valence-corrected chi connectivity index (χ2v) is 5.64. The summed E-state index contributed by atoms with van der Waals surface area (Å²) in [6, 6.07) is 0. The maximum absolute atomic E-state index is 6.24. The van der Waals surface area contributed by atoms with Crippen LogP contribution in [-0.4, -0.2) is 14.7 Å². The fourth-order valence-corrected chi connectivity index (χ4v) is 1.81. The average Bonchev–Trinajstić information content (AvgIpc) is 2.33. The molecule has 0 fully saturated rings. The molecule has 1 unspecified atom stereocenters. The topological polar surface area (TPSA) is 25.8 Å². The van der Waals surface area contributed by atoms with Gasteiger partial charge < -0.3 is 0 Å². The molecule has 1 atom stereocenters. The van der Waals surface area contributed by atoms with Crippen LogP contribution in [0.3, 0.4) is 0 Å². The monoisotopic (exact) mass is 218 g/mol. The van der Waals surface area contributed by atoms with Gasteiger partial charge in [-0.2, -0.15) is 4.37 Å². The van der Waals surface area contributed by atoms with E-state index in [1.165, 1.54) is 11.5 Å². The van der Waals surface area contributed by atoms with Crippen LogP contribution in [0.15, 0.2) is 0 Å². The van der Waals surface area contributed by atoms with Gasteiger partial charge in [-0.05, 0) is 23.9 Å². The Labute approximate surface area is 88.5 Å². The third-order valence-corrected chi connectivity index (χ3v) is 3.50. The number of aryl methyl sites for hydroxylation is 1. The molecule has 1 heterocycles. The molecule has 0 aliphatic heterocycles. The van der Waals surface area contributed by atoms with Gasteiger partial charge in [-0.1, -0.05) is 20.8 Å². The number of hydrogen-bond acceptors (Lipinski definition) is 3. The maximum Gasteiger partial charge on any atom is 0.139 e. The molecule has 13 heavy (non-hydrogen) atoms. The standard InChI is InChI=1S/C9H15ClN2S/c1-6-11-8(13-12-6)5-7(10)9(2,3)4/h7H,5H2,1-4H3. The van der Waals surface area contributed by atoms with E-state index in [1.807, 2.05) is 6.92 Å². The molecule has 1 aromatic rings. The molecule has 0 aromatic carbocycles. The predicted octanol–water partition coefficient (Wildman–Crippen LogP) is 3.04. The number of alkyl halides is 1. The molecule has 0 N–H and O–H groups in total. The first-order chi connectivity index (χ1) is 5.89. The highest BCUT2D eigenvalue weighted by atomic mass is 35.5. The highest BCUT2D eigenvalue weighted by molar-refractivity contribution is 7.05. The Morgan fingerprint density at radius 2 is 2.08 bits per heavy atom. The van der Waals surface area contributed by atoms with Gasteiger partial charge in [0.2, 0.25) is 0 Å². The van der Waals surface area contributed by atoms with Crippen molar-refractivity contribution in [3.63, 3.8) is 0 Å². The van der Waals surface area contributed by atoms with Gasteiger partial charge in [0.25, 0.3) is 0 Å². The normalized spacial score (nSPS) is 14.5. The average molecular weight is 219 g/mol. The summed E-state index contributed by atoms with van der Waals surface area (Å²) in [5, 5.41) is 1.16. The first kappa shape index (κ1) is 10.9. The third kappa shape index (κ3) is 3.24. The van der Waals surface area contributed by atoms with Crippen molar-refractivity contribution < 1.29 is 0 Å². The van der Waals surface area contributed by atoms with E-state index in [-0.39, 0.29) is 10.8 Å². The Morgan fingerprint density at radius 1 is 1.46 bits per heavy atom. The highest BCUT2D eigenvalue weighted by Crippen LogP contribution is 2.27. The van der Waals surface area contributed by atoms with E-state index in [1.54, 1.807) is 0 Å². The van der Waals surface area contributed by atoms with E-state index in [4.69, 9.17) is 11.6 Å². The number of aromatic nitrogens is 2. The van der Waals surface area contributed by atoms with Crippen molar-refractivity contribution in [3.8, 4) is 0 Å². The van der Waals surface area contributed by atoms with Crippen molar-refractivity contribution in [2.75, 3.05) is 0 Å². The first-order valence-electron chi connectivity index (χ1n) is 4.33. The summed E-state index contributed by atoms with van der Waals surface area (Å²) in [7, 11) is 0. The molecule has 1 aromatic heterocycles. The van der Waals surface area contributed by atoms with Crippen LogP contribution in [0, 0.1) is 12.3 Å². The zero-order valence-corrected chi connectivity index (χ0v) is 10.0. The lowest BCUT2D eigenvalue weighted by Crippen LogP contribution is -2.22. The number of hydrogen-bond donors (Lipinski definition) is 0. The number of rotatable bonds is 2. The minimum atomic E-state index is 0.125.